The summed E-state index contributed by atoms with van der Waals surface area (Å²) in [6.45, 7) is 4.05. The van der Waals surface area contributed by atoms with Crippen molar-refractivity contribution in [2.75, 3.05) is 0 Å². The summed E-state index contributed by atoms with van der Waals surface area (Å²) < 4.78 is 0. The van der Waals surface area contributed by atoms with Crippen molar-refractivity contribution in [3.8, 4) is 0 Å². The van der Waals surface area contributed by atoms with E-state index in [9.17, 15) is 4.79 Å². The van der Waals surface area contributed by atoms with Crippen molar-refractivity contribution in [2.24, 2.45) is 11.7 Å². The molecule has 0 bridgehead atoms. The largest absolute Gasteiger partial charge is 0.352 e. The van der Waals surface area contributed by atoms with E-state index in [-0.39, 0.29) is 18.0 Å². The van der Waals surface area contributed by atoms with Crippen molar-refractivity contribution < 1.29 is 4.79 Å². The van der Waals surface area contributed by atoms with Gasteiger partial charge in [0.25, 0.3) is 0 Å². The minimum absolute atomic E-state index is 0.00979. The van der Waals surface area contributed by atoms with Gasteiger partial charge in [-0.3, -0.25) is 4.79 Å². The van der Waals surface area contributed by atoms with Crippen LogP contribution in [0.1, 0.15) is 52.4 Å². The van der Waals surface area contributed by atoms with Gasteiger partial charge >= 0.3 is 0 Å². The Balaban J connectivity index is 2.33. The van der Waals surface area contributed by atoms with E-state index in [1.54, 1.807) is 0 Å². The quantitative estimate of drug-likeness (QED) is 0.746. The summed E-state index contributed by atoms with van der Waals surface area (Å²) >= 11 is 0. The molecule has 3 N–H and O–H groups in total. The number of hydrogen-bond donors (Lipinski definition) is 2. The highest BCUT2D eigenvalue weighted by atomic mass is 16.2. The first-order valence-corrected chi connectivity index (χ1v) is 6.21. The van der Waals surface area contributed by atoms with Gasteiger partial charge in [-0.1, -0.05) is 26.2 Å². The highest BCUT2D eigenvalue weighted by molar-refractivity contribution is 5.81. The van der Waals surface area contributed by atoms with Gasteiger partial charge in [-0.05, 0) is 32.1 Å². The van der Waals surface area contributed by atoms with Crippen LogP contribution in [0.15, 0.2) is 0 Å². The molecule has 1 rings (SSSR count). The highest BCUT2D eigenvalue weighted by Gasteiger charge is 2.22. The maximum atomic E-state index is 11.6. The molecular formula is C12H24N2O. The number of amides is 1. The van der Waals surface area contributed by atoms with Crippen LogP contribution in [-0.4, -0.2) is 18.0 Å². The third-order valence-electron chi connectivity index (χ3n) is 3.50. The van der Waals surface area contributed by atoms with E-state index in [0.29, 0.717) is 12.3 Å². The smallest absolute Gasteiger partial charge is 0.237 e. The summed E-state index contributed by atoms with van der Waals surface area (Å²) in [5.74, 6) is 0.669. The van der Waals surface area contributed by atoms with E-state index in [4.69, 9.17) is 5.73 Å². The maximum absolute atomic E-state index is 11.6. The molecule has 0 saturated heterocycles. The van der Waals surface area contributed by atoms with Crippen molar-refractivity contribution in [2.45, 2.75) is 64.5 Å². The number of nitrogens with two attached hydrogens (primary N) is 1. The number of hydrogen-bond acceptors (Lipinski definition) is 2. The van der Waals surface area contributed by atoms with Gasteiger partial charge in [-0.15, -0.1) is 0 Å². The molecule has 0 aromatic heterocycles. The Morgan fingerprint density at radius 2 is 2.00 bits per heavy atom. The molecule has 1 amide bonds. The van der Waals surface area contributed by atoms with Crippen LogP contribution < -0.4 is 11.1 Å². The maximum Gasteiger partial charge on any atom is 0.237 e. The third-order valence-corrected chi connectivity index (χ3v) is 3.50. The molecule has 0 radical (unpaired) electrons. The lowest BCUT2D eigenvalue weighted by Crippen LogP contribution is -2.46. The molecule has 1 aliphatic rings. The van der Waals surface area contributed by atoms with Crippen molar-refractivity contribution in [1.29, 1.82) is 0 Å². The SMILES string of the molecule is CCC(N)C(=O)N[C@@H](C)C1CCCCC1. The van der Waals surface area contributed by atoms with Crippen LogP contribution in [0.2, 0.25) is 0 Å². The molecule has 0 heterocycles. The lowest BCUT2D eigenvalue weighted by molar-refractivity contribution is -0.123. The van der Waals surface area contributed by atoms with Crippen molar-refractivity contribution in [1.82, 2.24) is 5.32 Å². The summed E-state index contributed by atoms with van der Waals surface area (Å²) in [6.07, 6.45) is 7.19. The second-order valence-corrected chi connectivity index (χ2v) is 4.71. The molecule has 0 aromatic rings. The Labute approximate surface area is 92.8 Å². The van der Waals surface area contributed by atoms with Crippen LogP contribution >= 0.6 is 0 Å². The van der Waals surface area contributed by atoms with Gasteiger partial charge in [-0.2, -0.15) is 0 Å². The Kier molecular flexibility index (Phi) is 5.09. The first-order valence-electron chi connectivity index (χ1n) is 6.21. The zero-order valence-corrected chi connectivity index (χ0v) is 9.96. The van der Waals surface area contributed by atoms with Crippen molar-refractivity contribution in [3.63, 3.8) is 0 Å². The van der Waals surface area contributed by atoms with Gasteiger partial charge in [0.15, 0.2) is 0 Å². The zero-order valence-electron chi connectivity index (χ0n) is 9.96. The van der Waals surface area contributed by atoms with E-state index in [1.165, 1.54) is 32.1 Å². The lowest BCUT2D eigenvalue weighted by Gasteiger charge is -2.29. The van der Waals surface area contributed by atoms with Gasteiger partial charge in [0, 0.05) is 6.04 Å². The molecule has 1 fully saturated rings. The van der Waals surface area contributed by atoms with E-state index < -0.39 is 0 Å². The zero-order chi connectivity index (χ0) is 11.3. The van der Waals surface area contributed by atoms with Crippen LogP contribution in [0.4, 0.5) is 0 Å². The minimum Gasteiger partial charge on any atom is -0.352 e. The number of rotatable bonds is 4. The molecule has 0 spiro atoms. The molecule has 3 heteroatoms. The highest BCUT2D eigenvalue weighted by Crippen LogP contribution is 2.26. The Bertz CT molecular complexity index is 200. The van der Waals surface area contributed by atoms with E-state index >= 15 is 0 Å². The molecule has 1 saturated carbocycles. The second kappa shape index (κ2) is 6.11. The van der Waals surface area contributed by atoms with Crippen LogP contribution in [0, 0.1) is 5.92 Å². The molecule has 1 aliphatic carbocycles. The minimum atomic E-state index is -0.337. The fourth-order valence-corrected chi connectivity index (χ4v) is 2.27. The standard InChI is InChI=1S/C12H24N2O/c1-3-11(13)12(15)14-9(2)10-7-5-4-6-8-10/h9-11H,3-8,13H2,1-2H3,(H,14,15)/t9-,11?/m0/s1. The molecule has 1 unspecified atom stereocenters. The molecule has 2 atom stereocenters. The molecule has 0 aliphatic heterocycles. The predicted octanol–water partition coefficient (Wildman–Crippen LogP) is 1.81. The summed E-state index contributed by atoms with van der Waals surface area (Å²) in [7, 11) is 0. The molecule has 15 heavy (non-hydrogen) atoms. The molecule has 0 aromatic carbocycles. The Morgan fingerprint density at radius 1 is 1.40 bits per heavy atom. The van der Waals surface area contributed by atoms with Gasteiger partial charge < -0.3 is 11.1 Å². The monoisotopic (exact) mass is 212 g/mol. The third kappa shape index (κ3) is 3.82. The number of nitrogens with one attached hydrogen (secondary N) is 1. The van der Waals surface area contributed by atoms with Gasteiger partial charge in [-0.25, -0.2) is 0 Å². The predicted molar refractivity (Wildman–Crippen MR) is 62.4 cm³/mol. The summed E-state index contributed by atoms with van der Waals surface area (Å²) in [4.78, 5) is 11.6. The topological polar surface area (TPSA) is 55.1 Å². The number of carbonyl (C=O) groups excluding carboxylic acids is 1. The van der Waals surface area contributed by atoms with Gasteiger partial charge in [0.05, 0.1) is 6.04 Å². The first kappa shape index (κ1) is 12.5. The summed E-state index contributed by atoms with van der Waals surface area (Å²) in [6, 6.07) is -0.0496. The Morgan fingerprint density at radius 3 is 2.53 bits per heavy atom. The van der Waals surface area contributed by atoms with Crippen LogP contribution in [0.3, 0.4) is 0 Å². The lowest BCUT2D eigenvalue weighted by atomic mass is 9.84. The fourth-order valence-electron chi connectivity index (χ4n) is 2.27. The Hall–Kier alpha value is -0.570. The number of carbonyl (C=O) groups is 1. The normalized spacial score (nSPS) is 22.1. The first-order chi connectivity index (χ1) is 7.15. The second-order valence-electron chi connectivity index (χ2n) is 4.71. The summed E-state index contributed by atoms with van der Waals surface area (Å²) in [5, 5.41) is 3.04. The van der Waals surface area contributed by atoms with Crippen molar-refractivity contribution in [3.05, 3.63) is 0 Å². The van der Waals surface area contributed by atoms with Gasteiger partial charge in [0.2, 0.25) is 5.91 Å². The van der Waals surface area contributed by atoms with E-state index in [1.807, 2.05) is 6.92 Å². The summed E-state index contributed by atoms with van der Waals surface area (Å²) in [5.41, 5.74) is 5.68. The van der Waals surface area contributed by atoms with Crippen LogP contribution in [0.5, 0.6) is 0 Å². The molecule has 88 valence electrons. The van der Waals surface area contributed by atoms with Crippen LogP contribution in [0.25, 0.3) is 0 Å². The average molecular weight is 212 g/mol. The van der Waals surface area contributed by atoms with Crippen molar-refractivity contribution >= 4 is 5.91 Å². The van der Waals surface area contributed by atoms with Gasteiger partial charge in [0.1, 0.15) is 0 Å². The van der Waals surface area contributed by atoms with E-state index in [0.717, 1.165) is 0 Å². The van der Waals surface area contributed by atoms with Crippen LogP contribution in [-0.2, 0) is 4.79 Å². The fraction of sp³-hybridized carbons (Fsp3) is 0.917. The average Bonchev–Trinajstić information content (AvgIpc) is 2.29. The van der Waals surface area contributed by atoms with E-state index in [2.05, 4.69) is 12.2 Å². The molecular weight excluding hydrogens is 188 g/mol. The molecule has 3 nitrogen and oxygen atoms in total.